The molecule has 5 nitrogen and oxygen atoms in total. The van der Waals surface area contributed by atoms with Crippen molar-refractivity contribution in [1.29, 1.82) is 0 Å². The number of ether oxygens (including phenoxy) is 1. The minimum Gasteiger partial charge on any atom is -0.384 e. The van der Waals surface area contributed by atoms with Crippen LogP contribution in [0.3, 0.4) is 0 Å². The average molecular weight is 291 g/mol. The molecule has 0 aliphatic heterocycles. The number of methoxy groups -OCH3 is 1. The number of rotatable bonds is 6. The second-order valence-corrected chi connectivity index (χ2v) is 4.69. The standard InChI is InChI=1S/C10H15BrN2O3/c1-7-9(5-13-16-7)10(14)12-4-3-8(11)6-15-2/h5,8H,3-4,6H2,1-2H3,(H,12,14). The molecule has 1 rings (SSSR count). The van der Waals surface area contributed by atoms with Crippen molar-refractivity contribution in [2.45, 2.75) is 18.2 Å². The first-order valence-electron chi connectivity index (χ1n) is 4.97. The largest absolute Gasteiger partial charge is 0.384 e. The molecule has 0 saturated carbocycles. The van der Waals surface area contributed by atoms with Gasteiger partial charge in [0.1, 0.15) is 11.3 Å². The lowest BCUT2D eigenvalue weighted by Crippen LogP contribution is -2.27. The summed E-state index contributed by atoms with van der Waals surface area (Å²) in [7, 11) is 1.65. The molecular formula is C10H15BrN2O3. The van der Waals surface area contributed by atoms with Crippen molar-refractivity contribution in [1.82, 2.24) is 10.5 Å². The van der Waals surface area contributed by atoms with Gasteiger partial charge in [-0.1, -0.05) is 21.1 Å². The molecule has 90 valence electrons. The van der Waals surface area contributed by atoms with Gasteiger partial charge in [-0.15, -0.1) is 0 Å². The van der Waals surface area contributed by atoms with Gasteiger partial charge in [0.2, 0.25) is 0 Å². The third-order valence-corrected chi connectivity index (χ3v) is 2.81. The van der Waals surface area contributed by atoms with Crippen LogP contribution < -0.4 is 5.32 Å². The number of amides is 1. The first-order chi connectivity index (χ1) is 7.65. The number of hydrogen-bond acceptors (Lipinski definition) is 4. The fraction of sp³-hybridized carbons (Fsp3) is 0.600. The molecule has 0 aromatic carbocycles. The number of alkyl halides is 1. The number of nitrogens with one attached hydrogen (secondary N) is 1. The van der Waals surface area contributed by atoms with Gasteiger partial charge < -0.3 is 14.6 Å². The molecule has 0 saturated heterocycles. The van der Waals surface area contributed by atoms with Gasteiger partial charge in [0.05, 0.1) is 12.8 Å². The number of aryl methyl sites for hydroxylation is 1. The fourth-order valence-corrected chi connectivity index (χ4v) is 1.71. The van der Waals surface area contributed by atoms with Gasteiger partial charge in [-0.3, -0.25) is 4.79 Å². The topological polar surface area (TPSA) is 64.4 Å². The Morgan fingerprint density at radius 3 is 3.06 bits per heavy atom. The maximum atomic E-state index is 11.6. The molecule has 0 radical (unpaired) electrons. The molecule has 1 heterocycles. The van der Waals surface area contributed by atoms with E-state index in [-0.39, 0.29) is 10.7 Å². The molecule has 0 bridgehead atoms. The van der Waals surface area contributed by atoms with Crippen molar-refractivity contribution in [3.05, 3.63) is 17.5 Å². The summed E-state index contributed by atoms with van der Waals surface area (Å²) in [6, 6.07) is 0. The summed E-state index contributed by atoms with van der Waals surface area (Å²) in [4.78, 5) is 11.9. The van der Waals surface area contributed by atoms with Crippen LogP contribution in [0, 0.1) is 6.92 Å². The molecule has 1 aromatic rings. The Morgan fingerprint density at radius 1 is 1.75 bits per heavy atom. The van der Waals surface area contributed by atoms with Crippen LogP contribution in [0.5, 0.6) is 0 Å². The van der Waals surface area contributed by atoms with E-state index in [0.29, 0.717) is 24.5 Å². The highest BCUT2D eigenvalue weighted by molar-refractivity contribution is 9.09. The molecule has 16 heavy (non-hydrogen) atoms. The minimum absolute atomic E-state index is 0.157. The number of nitrogens with zero attached hydrogens (tertiary/aromatic N) is 1. The van der Waals surface area contributed by atoms with Gasteiger partial charge in [-0.05, 0) is 13.3 Å². The van der Waals surface area contributed by atoms with E-state index in [1.807, 2.05) is 0 Å². The quantitative estimate of drug-likeness (QED) is 0.807. The van der Waals surface area contributed by atoms with Gasteiger partial charge in [0.25, 0.3) is 5.91 Å². The third-order valence-electron chi connectivity index (χ3n) is 2.09. The molecule has 1 unspecified atom stereocenters. The fourth-order valence-electron chi connectivity index (χ4n) is 1.22. The van der Waals surface area contributed by atoms with Gasteiger partial charge >= 0.3 is 0 Å². The summed E-state index contributed by atoms with van der Waals surface area (Å²) in [5.41, 5.74) is 0.484. The van der Waals surface area contributed by atoms with E-state index in [1.165, 1.54) is 6.20 Å². The maximum absolute atomic E-state index is 11.6. The second kappa shape index (κ2) is 6.65. The first-order valence-corrected chi connectivity index (χ1v) is 5.89. The molecule has 1 N–H and O–H groups in total. The summed E-state index contributed by atoms with van der Waals surface area (Å²) in [5.74, 6) is 0.376. The second-order valence-electron chi connectivity index (χ2n) is 3.39. The minimum atomic E-state index is -0.157. The van der Waals surface area contributed by atoms with E-state index in [1.54, 1.807) is 14.0 Å². The summed E-state index contributed by atoms with van der Waals surface area (Å²) < 4.78 is 9.78. The van der Waals surface area contributed by atoms with Gasteiger partial charge in [-0.25, -0.2) is 0 Å². The van der Waals surface area contributed by atoms with E-state index in [4.69, 9.17) is 9.26 Å². The van der Waals surface area contributed by atoms with Crippen LogP contribution in [-0.4, -0.2) is 36.2 Å². The Bertz CT molecular complexity index is 341. The highest BCUT2D eigenvalue weighted by atomic mass is 79.9. The van der Waals surface area contributed by atoms with E-state index in [9.17, 15) is 4.79 Å². The Hall–Kier alpha value is -0.880. The molecule has 0 spiro atoms. The molecule has 0 aliphatic carbocycles. The zero-order chi connectivity index (χ0) is 12.0. The smallest absolute Gasteiger partial charge is 0.256 e. The predicted octanol–water partition coefficient (Wildman–Crippen LogP) is 1.51. The highest BCUT2D eigenvalue weighted by Crippen LogP contribution is 2.07. The zero-order valence-corrected chi connectivity index (χ0v) is 10.9. The number of carbonyl (C=O) groups is 1. The van der Waals surface area contributed by atoms with Crippen molar-refractivity contribution in [3.8, 4) is 0 Å². The van der Waals surface area contributed by atoms with Crippen LogP contribution in [0.2, 0.25) is 0 Å². The van der Waals surface area contributed by atoms with E-state index in [2.05, 4.69) is 26.4 Å². The molecule has 6 heteroatoms. The number of hydrogen-bond donors (Lipinski definition) is 1. The molecule has 1 amide bonds. The van der Waals surface area contributed by atoms with Crippen molar-refractivity contribution >= 4 is 21.8 Å². The Kier molecular flexibility index (Phi) is 5.48. The van der Waals surface area contributed by atoms with Crippen molar-refractivity contribution in [2.75, 3.05) is 20.3 Å². The third kappa shape index (κ3) is 3.94. The lowest BCUT2D eigenvalue weighted by molar-refractivity contribution is 0.0950. The number of aromatic nitrogens is 1. The molecule has 1 aromatic heterocycles. The molecule has 0 fully saturated rings. The SMILES string of the molecule is COCC(Br)CCNC(=O)c1cnoc1C. The average Bonchev–Trinajstić information content (AvgIpc) is 2.64. The van der Waals surface area contributed by atoms with Gasteiger partial charge in [0.15, 0.2) is 0 Å². The van der Waals surface area contributed by atoms with Crippen molar-refractivity contribution in [2.24, 2.45) is 0 Å². The Balaban J connectivity index is 2.29. The lowest BCUT2D eigenvalue weighted by Gasteiger charge is -2.08. The molecule has 0 aliphatic rings. The molecular weight excluding hydrogens is 276 g/mol. The van der Waals surface area contributed by atoms with E-state index in [0.717, 1.165) is 6.42 Å². The summed E-state index contributed by atoms with van der Waals surface area (Å²) >= 11 is 3.44. The predicted molar refractivity (Wildman–Crippen MR) is 62.8 cm³/mol. The number of halogens is 1. The van der Waals surface area contributed by atoms with Crippen molar-refractivity contribution in [3.63, 3.8) is 0 Å². The lowest BCUT2D eigenvalue weighted by atomic mass is 10.2. The first kappa shape index (κ1) is 13.2. The van der Waals surface area contributed by atoms with Crippen LogP contribution in [0.25, 0.3) is 0 Å². The summed E-state index contributed by atoms with van der Waals surface area (Å²) in [5, 5.41) is 6.34. The summed E-state index contributed by atoms with van der Waals surface area (Å²) in [6.07, 6.45) is 2.23. The Labute approximate surface area is 103 Å². The number of carbonyl (C=O) groups excluding carboxylic acids is 1. The van der Waals surface area contributed by atoms with Crippen LogP contribution in [0.1, 0.15) is 22.5 Å². The normalized spacial score (nSPS) is 12.4. The van der Waals surface area contributed by atoms with E-state index < -0.39 is 0 Å². The summed E-state index contributed by atoms with van der Waals surface area (Å²) in [6.45, 7) is 2.92. The van der Waals surface area contributed by atoms with Crippen LogP contribution in [0.4, 0.5) is 0 Å². The zero-order valence-electron chi connectivity index (χ0n) is 9.33. The maximum Gasteiger partial charge on any atom is 0.256 e. The van der Waals surface area contributed by atoms with Crippen LogP contribution in [0.15, 0.2) is 10.7 Å². The van der Waals surface area contributed by atoms with Crippen LogP contribution in [-0.2, 0) is 4.74 Å². The van der Waals surface area contributed by atoms with Crippen molar-refractivity contribution < 1.29 is 14.1 Å². The molecule has 1 atom stereocenters. The van der Waals surface area contributed by atoms with E-state index >= 15 is 0 Å². The monoisotopic (exact) mass is 290 g/mol. The van der Waals surface area contributed by atoms with Gasteiger partial charge in [-0.2, -0.15) is 0 Å². The van der Waals surface area contributed by atoms with Gasteiger partial charge in [0, 0.05) is 18.5 Å². The highest BCUT2D eigenvalue weighted by Gasteiger charge is 2.12. The Morgan fingerprint density at radius 2 is 2.50 bits per heavy atom. The van der Waals surface area contributed by atoms with Crippen LogP contribution >= 0.6 is 15.9 Å².